The van der Waals surface area contributed by atoms with Gasteiger partial charge in [-0.15, -0.1) is 0 Å². The molecule has 1 aliphatic rings. The normalized spacial score (nSPS) is 18.8. The average molecular weight is 280 g/mol. The van der Waals surface area contributed by atoms with E-state index in [1.807, 2.05) is 0 Å². The van der Waals surface area contributed by atoms with Gasteiger partial charge in [0, 0.05) is 18.8 Å². The number of nitrogens with two attached hydrogens (primary N) is 1. The van der Waals surface area contributed by atoms with E-state index < -0.39 is 0 Å². The molecule has 2 N–H and O–H groups in total. The standard InChI is InChI=1S/C15H21FN2O2/c16-13-4-6-14(7-5-13)18(9-2-8-17)15(19)12-3-1-10-20-11-12/h4-7,12H,1-3,8-11,17H2. The van der Waals surface area contributed by atoms with Crippen LogP contribution < -0.4 is 10.6 Å². The van der Waals surface area contributed by atoms with Crippen LogP contribution in [0.5, 0.6) is 0 Å². The lowest BCUT2D eigenvalue weighted by Gasteiger charge is -2.29. The first-order valence-corrected chi connectivity index (χ1v) is 7.07. The molecule has 1 heterocycles. The molecule has 0 radical (unpaired) electrons. The maximum atomic E-state index is 13.0. The van der Waals surface area contributed by atoms with Crippen molar-refractivity contribution in [1.82, 2.24) is 0 Å². The molecule has 1 aromatic rings. The molecule has 0 aliphatic carbocycles. The molecule has 110 valence electrons. The maximum absolute atomic E-state index is 13.0. The minimum Gasteiger partial charge on any atom is -0.381 e. The van der Waals surface area contributed by atoms with Gasteiger partial charge in [0.05, 0.1) is 12.5 Å². The van der Waals surface area contributed by atoms with Gasteiger partial charge in [-0.3, -0.25) is 4.79 Å². The van der Waals surface area contributed by atoms with Gasteiger partial charge in [-0.1, -0.05) is 0 Å². The van der Waals surface area contributed by atoms with Crippen molar-refractivity contribution in [2.24, 2.45) is 11.7 Å². The quantitative estimate of drug-likeness (QED) is 0.896. The van der Waals surface area contributed by atoms with Gasteiger partial charge < -0.3 is 15.4 Å². The summed E-state index contributed by atoms with van der Waals surface area (Å²) < 4.78 is 18.4. The molecule has 2 rings (SSSR count). The number of rotatable bonds is 5. The zero-order chi connectivity index (χ0) is 14.4. The molecule has 1 fully saturated rings. The van der Waals surface area contributed by atoms with Crippen LogP contribution >= 0.6 is 0 Å². The van der Waals surface area contributed by atoms with Crippen LogP contribution in [0.1, 0.15) is 19.3 Å². The average Bonchev–Trinajstić information content (AvgIpc) is 2.50. The number of hydrogen-bond donors (Lipinski definition) is 1. The molecular weight excluding hydrogens is 259 g/mol. The first-order valence-electron chi connectivity index (χ1n) is 7.07. The number of carbonyl (C=O) groups is 1. The topological polar surface area (TPSA) is 55.6 Å². The molecule has 0 saturated carbocycles. The van der Waals surface area contributed by atoms with Crippen LogP contribution in [0, 0.1) is 11.7 Å². The molecule has 1 saturated heterocycles. The Bertz CT molecular complexity index is 430. The summed E-state index contributed by atoms with van der Waals surface area (Å²) in [6, 6.07) is 6.01. The number of ether oxygens (including phenoxy) is 1. The summed E-state index contributed by atoms with van der Waals surface area (Å²) in [4.78, 5) is 14.3. The van der Waals surface area contributed by atoms with Crippen LogP contribution in [-0.4, -0.2) is 32.2 Å². The van der Waals surface area contributed by atoms with E-state index in [0.717, 1.165) is 31.6 Å². The highest BCUT2D eigenvalue weighted by Gasteiger charge is 2.27. The van der Waals surface area contributed by atoms with E-state index in [1.165, 1.54) is 12.1 Å². The lowest BCUT2D eigenvalue weighted by Crippen LogP contribution is -2.40. The third-order valence-electron chi connectivity index (χ3n) is 3.50. The summed E-state index contributed by atoms with van der Waals surface area (Å²) >= 11 is 0. The van der Waals surface area contributed by atoms with Gasteiger partial charge in [-0.25, -0.2) is 4.39 Å². The Morgan fingerprint density at radius 1 is 1.40 bits per heavy atom. The van der Waals surface area contributed by atoms with Gasteiger partial charge in [0.2, 0.25) is 5.91 Å². The highest BCUT2D eigenvalue weighted by molar-refractivity contribution is 5.95. The highest BCUT2D eigenvalue weighted by atomic mass is 19.1. The molecule has 20 heavy (non-hydrogen) atoms. The predicted molar refractivity (Wildman–Crippen MR) is 76.0 cm³/mol. The summed E-state index contributed by atoms with van der Waals surface area (Å²) in [5, 5.41) is 0. The Kier molecular flexibility index (Phi) is 5.49. The first kappa shape index (κ1) is 14.9. The van der Waals surface area contributed by atoms with E-state index in [0.29, 0.717) is 19.7 Å². The third-order valence-corrected chi connectivity index (χ3v) is 3.50. The summed E-state index contributed by atoms with van der Waals surface area (Å²) in [6.07, 6.45) is 2.47. The molecule has 4 nitrogen and oxygen atoms in total. The molecule has 0 bridgehead atoms. The first-order chi connectivity index (χ1) is 9.72. The van der Waals surface area contributed by atoms with Gasteiger partial charge in [0.15, 0.2) is 0 Å². The number of anilines is 1. The molecule has 1 unspecified atom stereocenters. The minimum absolute atomic E-state index is 0.0461. The van der Waals surface area contributed by atoms with Crippen molar-refractivity contribution in [2.75, 3.05) is 31.2 Å². The smallest absolute Gasteiger partial charge is 0.232 e. The largest absolute Gasteiger partial charge is 0.381 e. The van der Waals surface area contributed by atoms with E-state index in [2.05, 4.69) is 0 Å². The summed E-state index contributed by atoms with van der Waals surface area (Å²) in [6.45, 7) is 2.27. The van der Waals surface area contributed by atoms with Crippen LogP contribution in [-0.2, 0) is 9.53 Å². The Balaban J connectivity index is 2.13. The highest BCUT2D eigenvalue weighted by Crippen LogP contribution is 2.22. The number of benzene rings is 1. The van der Waals surface area contributed by atoms with Crippen LogP contribution in [0.3, 0.4) is 0 Å². The number of amides is 1. The number of halogens is 1. The second-order valence-electron chi connectivity index (χ2n) is 5.02. The second-order valence-corrected chi connectivity index (χ2v) is 5.02. The number of nitrogens with zero attached hydrogens (tertiary/aromatic N) is 1. The second kappa shape index (κ2) is 7.36. The van der Waals surface area contributed by atoms with E-state index in [4.69, 9.17) is 10.5 Å². The molecule has 5 heteroatoms. The zero-order valence-corrected chi connectivity index (χ0v) is 11.6. The number of carbonyl (C=O) groups excluding carboxylic acids is 1. The van der Waals surface area contributed by atoms with Gasteiger partial charge in [0.25, 0.3) is 0 Å². The van der Waals surface area contributed by atoms with E-state index in [1.54, 1.807) is 17.0 Å². The lowest BCUT2D eigenvalue weighted by atomic mass is 10.00. The van der Waals surface area contributed by atoms with Crippen molar-refractivity contribution in [2.45, 2.75) is 19.3 Å². The van der Waals surface area contributed by atoms with E-state index in [9.17, 15) is 9.18 Å². The van der Waals surface area contributed by atoms with E-state index >= 15 is 0 Å². The van der Waals surface area contributed by atoms with Crippen molar-refractivity contribution in [1.29, 1.82) is 0 Å². The van der Waals surface area contributed by atoms with Crippen molar-refractivity contribution in [3.8, 4) is 0 Å². The van der Waals surface area contributed by atoms with Crippen LogP contribution in [0.25, 0.3) is 0 Å². The van der Waals surface area contributed by atoms with Crippen LogP contribution in [0.2, 0.25) is 0 Å². The van der Waals surface area contributed by atoms with Gasteiger partial charge in [0.1, 0.15) is 5.82 Å². The fraction of sp³-hybridized carbons (Fsp3) is 0.533. The monoisotopic (exact) mass is 280 g/mol. The lowest BCUT2D eigenvalue weighted by molar-refractivity contribution is -0.126. The van der Waals surface area contributed by atoms with Crippen LogP contribution in [0.15, 0.2) is 24.3 Å². The minimum atomic E-state index is -0.305. The van der Waals surface area contributed by atoms with Crippen molar-refractivity contribution >= 4 is 11.6 Å². The fourth-order valence-electron chi connectivity index (χ4n) is 2.39. The van der Waals surface area contributed by atoms with Crippen molar-refractivity contribution in [3.63, 3.8) is 0 Å². The zero-order valence-electron chi connectivity index (χ0n) is 11.6. The predicted octanol–water partition coefficient (Wildman–Crippen LogP) is 1.93. The Hall–Kier alpha value is -1.46. The Labute approximate surface area is 118 Å². The summed E-state index contributed by atoms with van der Waals surface area (Å²) in [5.41, 5.74) is 6.25. The molecule has 1 aliphatic heterocycles. The number of hydrogen-bond acceptors (Lipinski definition) is 3. The summed E-state index contributed by atoms with van der Waals surface area (Å²) in [5.74, 6) is -0.364. The molecular formula is C15H21FN2O2. The van der Waals surface area contributed by atoms with Crippen LogP contribution in [0.4, 0.5) is 10.1 Å². The van der Waals surface area contributed by atoms with Crippen molar-refractivity contribution < 1.29 is 13.9 Å². The third kappa shape index (κ3) is 3.77. The summed E-state index contributed by atoms with van der Waals surface area (Å²) in [7, 11) is 0. The van der Waals surface area contributed by atoms with Gasteiger partial charge in [-0.2, -0.15) is 0 Å². The molecule has 0 spiro atoms. The van der Waals surface area contributed by atoms with Crippen molar-refractivity contribution in [3.05, 3.63) is 30.1 Å². The van der Waals surface area contributed by atoms with Gasteiger partial charge >= 0.3 is 0 Å². The fourth-order valence-corrected chi connectivity index (χ4v) is 2.39. The van der Waals surface area contributed by atoms with E-state index in [-0.39, 0.29) is 17.6 Å². The molecule has 0 aromatic heterocycles. The molecule has 1 amide bonds. The Morgan fingerprint density at radius 3 is 2.75 bits per heavy atom. The Morgan fingerprint density at radius 2 is 2.15 bits per heavy atom. The van der Waals surface area contributed by atoms with Gasteiger partial charge in [-0.05, 0) is 50.1 Å². The maximum Gasteiger partial charge on any atom is 0.232 e. The SMILES string of the molecule is NCCCN(C(=O)C1CCCOC1)c1ccc(F)cc1. The molecule has 1 aromatic carbocycles. The molecule has 1 atom stereocenters.